The zero-order chi connectivity index (χ0) is 14.4. The minimum Gasteiger partial charge on any atom is -0.490 e. The number of aromatic nitrogens is 1. The molecule has 0 saturated heterocycles. The number of pyridine rings is 1. The van der Waals surface area contributed by atoms with Crippen LogP contribution in [0, 0.1) is 0 Å². The van der Waals surface area contributed by atoms with E-state index >= 15 is 0 Å². The molecule has 2 rings (SSSR count). The van der Waals surface area contributed by atoms with E-state index in [1.165, 1.54) is 0 Å². The summed E-state index contributed by atoms with van der Waals surface area (Å²) >= 11 is 0. The van der Waals surface area contributed by atoms with Crippen LogP contribution in [0.15, 0.2) is 48.8 Å². The molecule has 0 saturated carbocycles. The first kappa shape index (κ1) is 14.3. The van der Waals surface area contributed by atoms with Gasteiger partial charge >= 0.3 is 0 Å². The highest BCUT2D eigenvalue weighted by molar-refractivity contribution is 5.98. The minimum absolute atomic E-state index is 0.0594. The Morgan fingerprint density at radius 3 is 2.55 bits per heavy atom. The van der Waals surface area contributed by atoms with Crippen molar-refractivity contribution in [1.29, 1.82) is 0 Å². The molecule has 0 N–H and O–H groups in total. The first-order chi connectivity index (χ1) is 9.66. The number of carbonyl (C=O) groups excluding carboxylic acids is 1. The fourth-order valence-electron chi connectivity index (χ4n) is 2.00. The van der Waals surface area contributed by atoms with Gasteiger partial charge in [0.1, 0.15) is 5.75 Å². The quantitative estimate of drug-likeness (QED) is 0.751. The van der Waals surface area contributed by atoms with Crippen LogP contribution in [0.4, 0.5) is 0 Å². The van der Waals surface area contributed by atoms with Gasteiger partial charge in [-0.05, 0) is 50.1 Å². The largest absolute Gasteiger partial charge is 0.490 e. The normalized spacial score (nSPS) is 10.6. The van der Waals surface area contributed by atoms with Crippen LogP contribution in [-0.2, 0) is 6.42 Å². The lowest BCUT2D eigenvalue weighted by Crippen LogP contribution is -2.10. The molecule has 1 aromatic carbocycles. The summed E-state index contributed by atoms with van der Waals surface area (Å²) in [6.07, 6.45) is 4.75. The van der Waals surface area contributed by atoms with Gasteiger partial charge in [-0.15, -0.1) is 0 Å². The van der Waals surface area contributed by atoms with Gasteiger partial charge in [-0.1, -0.05) is 12.1 Å². The number of ketones is 1. The molecule has 0 atom stereocenters. The van der Waals surface area contributed by atoms with Crippen molar-refractivity contribution in [3.05, 3.63) is 59.9 Å². The Hall–Kier alpha value is -2.16. The number of hydrogen-bond donors (Lipinski definition) is 0. The number of aryl methyl sites for hydroxylation is 1. The third kappa shape index (κ3) is 3.92. The van der Waals surface area contributed by atoms with Crippen LogP contribution in [0.3, 0.4) is 0 Å². The predicted octanol–water partition coefficient (Wildman–Crippen LogP) is 3.68. The van der Waals surface area contributed by atoms with Crippen molar-refractivity contribution >= 4 is 5.78 Å². The number of para-hydroxylation sites is 1. The van der Waals surface area contributed by atoms with Crippen molar-refractivity contribution in [3.8, 4) is 5.75 Å². The number of nitrogens with zero attached hydrogens (tertiary/aromatic N) is 1. The zero-order valence-electron chi connectivity index (χ0n) is 11.9. The summed E-state index contributed by atoms with van der Waals surface area (Å²) in [7, 11) is 0. The lowest BCUT2D eigenvalue weighted by Gasteiger charge is -2.13. The Bertz CT molecular complexity index is 564. The van der Waals surface area contributed by atoms with Gasteiger partial charge in [-0.3, -0.25) is 9.78 Å². The first-order valence-electron chi connectivity index (χ1n) is 6.84. The van der Waals surface area contributed by atoms with E-state index in [-0.39, 0.29) is 11.9 Å². The Balaban J connectivity index is 2.05. The van der Waals surface area contributed by atoms with Gasteiger partial charge < -0.3 is 4.74 Å². The number of ether oxygens (including phenoxy) is 1. The number of Topliss-reactive ketones (excluding diaryl/α,β-unsaturated/α-hetero) is 1. The third-order valence-electron chi connectivity index (χ3n) is 2.94. The van der Waals surface area contributed by atoms with Gasteiger partial charge in [0.2, 0.25) is 0 Å². The molecule has 0 unspecified atom stereocenters. The summed E-state index contributed by atoms with van der Waals surface area (Å²) in [5.74, 6) is 0.778. The fourth-order valence-corrected chi connectivity index (χ4v) is 2.00. The van der Waals surface area contributed by atoms with E-state index in [1.54, 1.807) is 12.4 Å². The van der Waals surface area contributed by atoms with E-state index in [1.807, 2.05) is 50.2 Å². The maximum absolute atomic E-state index is 12.3. The fraction of sp³-hybridized carbons (Fsp3) is 0.294. The zero-order valence-corrected chi connectivity index (χ0v) is 11.9. The number of carbonyl (C=O) groups is 1. The minimum atomic E-state index is 0.0594. The van der Waals surface area contributed by atoms with Crippen LogP contribution < -0.4 is 4.74 Å². The molecule has 104 valence electrons. The number of hydrogen-bond acceptors (Lipinski definition) is 3. The van der Waals surface area contributed by atoms with Crippen LogP contribution in [0.25, 0.3) is 0 Å². The van der Waals surface area contributed by atoms with Crippen LogP contribution in [0.2, 0.25) is 0 Å². The second kappa shape index (κ2) is 6.85. The molecular formula is C17H19NO2. The summed E-state index contributed by atoms with van der Waals surface area (Å²) in [6.45, 7) is 3.91. The van der Waals surface area contributed by atoms with E-state index in [2.05, 4.69) is 4.98 Å². The highest BCUT2D eigenvalue weighted by Gasteiger charge is 2.12. The molecule has 1 aromatic heterocycles. The Kier molecular flexibility index (Phi) is 4.88. The SMILES string of the molecule is CC(C)Oc1ccccc1C(=O)CCc1ccncc1. The van der Waals surface area contributed by atoms with Crippen LogP contribution in [-0.4, -0.2) is 16.9 Å². The molecule has 0 radical (unpaired) electrons. The molecule has 2 aromatic rings. The standard InChI is InChI=1S/C17H19NO2/c1-13(2)20-17-6-4-3-5-15(17)16(19)8-7-14-9-11-18-12-10-14/h3-6,9-13H,7-8H2,1-2H3. The Morgan fingerprint density at radius 1 is 1.15 bits per heavy atom. The molecule has 20 heavy (non-hydrogen) atoms. The second-order valence-electron chi connectivity index (χ2n) is 4.94. The molecule has 3 nitrogen and oxygen atoms in total. The smallest absolute Gasteiger partial charge is 0.166 e. The maximum atomic E-state index is 12.3. The third-order valence-corrected chi connectivity index (χ3v) is 2.94. The van der Waals surface area contributed by atoms with Crippen molar-refractivity contribution < 1.29 is 9.53 Å². The van der Waals surface area contributed by atoms with Gasteiger partial charge in [0.15, 0.2) is 5.78 Å². The second-order valence-corrected chi connectivity index (χ2v) is 4.94. The Morgan fingerprint density at radius 2 is 1.85 bits per heavy atom. The highest BCUT2D eigenvalue weighted by atomic mass is 16.5. The molecule has 0 amide bonds. The van der Waals surface area contributed by atoms with Gasteiger partial charge in [0.25, 0.3) is 0 Å². The van der Waals surface area contributed by atoms with Gasteiger partial charge in [0.05, 0.1) is 11.7 Å². The molecule has 0 spiro atoms. The summed E-state index contributed by atoms with van der Waals surface area (Å²) in [4.78, 5) is 16.3. The summed E-state index contributed by atoms with van der Waals surface area (Å²) in [5, 5.41) is 0. The average Bonchev–Trinajstić information content (AvgIpc) is 2.46. The van der Waals surface area contributed by atoms with Gasteiger partial charge in [-0.2, -0.15) is 0 Å². The molecule has 0 aliphatic heterocycles. The molecule has 3 heteroatoms. The van der Waals surface area contributed by atoms with Crippen molar-refractivity contribution in [2.75, 3.05) is 0 Å². The molecule has 0 aliphatic carbocycles. The molecule has 0 aliphatic rings. The number of rotatable bonds is 6. The topological polar surface area (TPSA) is 39.2 Å². The monoisotopic (exact) mass is 269 g/mol. The molecule has 0 fully saturated rings. The van der Waals surface area contributed by atoms with E-state index in [4.69, 9.17) is 4.74 Å². The predicted molar refractivity (Wildman–Crippen MR) is 79.1 cm³/mol. The van der Waals surface area contributed by atoms with Gasteiger partial charge in [-0.25, -0.2) is 0 Å². The molecular weight excluding hydrogens is 250 g/mol. The summed E-state index contributed by atoms with van der Waals surface area (Å²) < 4.78 is 5.69. The van der Waals surface area contributed by atoms with Crippen LogP contribution in [0.5, 0.6) is 5.75 Å². The highest BCUT2D eigenvalue weighted by Crippen LogP contribution is 2.21. The van der Waals surface area contributed by atoms with Crippen molar-refractivity contribution in [1.82, 2.24) is 4.98 Å². The summed E-state index contributed by atoms with van der Waals surface area (Å²) in [5.41, 5.74) is 1.78. The Labute approximate surface area is 119 Å². The van der Waals surface area contributed by atoms with E-state index in [0.717, 1.165) is 12.0 Å². The van der Waals surface area contributed by atoms with Crippen molar-refractivity contribution in [3.63, 3.8) is 0 Å². The van der Waals surface area contributed by atoms with Crippen molar-refractivity contribution in [2.45, 2.75) is 32.8 Å². The van der Waals surface area contributed by atoms with E-state index in [0.29, 0.717) is 17.7 Å². The number of benzene rings is 1. The molecule has 1 heterocycles. The van der Waals surface area contributed by atoms with Crippen LogP contribution in [0.1, 0.15) is 36.2 Å². The lowest BCUT2D eigenvalue weighted by atomic mass is 10.0. The molecule has 0 bridgehead atoms. The van der Waals surface area contributed by atoms with E-state index < -0.39 is 0 Å². The van der Waals surface area contributed by atoms with Crippen LogP contribution >= 0.6 is 0 Å². The summed E-state index contributed by atoms with van der Waals surface area (Å²) in [6, 6.07) is 11.3. The average molecular weight is 269 g/mol. The van der Waals surface area contributed by atoms with Gasteiger partial charge in [0, 0.05) is 18.8 Å². The van der Waals surface area contributed by atoms with Crippen molar-refractivity contribution in [2.24, 2.45) is 0 Å². The lowest BCUT2D eigenvalue weighted by molar-refractivity contribution is 0.0977. The first-order valence-corrected chi connectivity index (χ1v) is 6.84. The maximum Gasteiger partial charge on any atom is 0.166 e. The van der Waals surface area contributed by atoms with E-state index in [9.17, 15) is 4.79 Å².